The number of likely N-dealkylation sites (tertiary alicyclic amines) is 1. The maximum absolute atomic E-state index is 4.10. The van der Waals surface area contributed by atoms with Crippen molar-refractivity contribution >= 4 is 10.9 Å². The molecule has 1 aliphatic heterocycles. The number of hydrogen-bond donors (Lipinski definition) is 3. The van der Waals surface area contributed by atoms with Crippen molar-refractivity contribution in [2.24, 2.45) is 0 Å². The average Bonchev–Trinajstić information content (AvgIpc) is 2.95. The molecule has 1 atom stereocenters. The predicted molar refractivity (Wildman–Crippen MR) is 96.9 cm³/mol. The van der Waals surface area contributed by atoms with Crippen LogP contribution in [0.5, 0.6) is 0 Å². The third-order valence-corrected chi connectivity index (χ3v) is 4.41. The molecule has 3 rings (SSSR count). The van der Waals surface area contributed by atoms with Crippen LogP contribution in [0, 0.1) is 6.92 Å². The van der Waals surface area contributed by atoms with E-state index in [4.69, 9.17) is 0 Å². The second-order valence-corrected chi connectivity index (χ2v) is 6.38. The number of rotatable bonds is 6. The summed E-state index contributed by atoms with van der Waals surface area (Å²) in [7, 11) is 0. The summed E-state index contributed by atoms with van der Waals surface area (Å²) in [5.74, 6) is 0.885. The zero-order valence-electron chi connectivity index (χ0n) is 13.9. The van der Waals surface area contributed by atoms with Crippen LogP contribution < -0.4 is 10.6 Å². The van der Waals surface area contributed by atoms with Crippen molar-refractivity contribution < 1.29 is 0 Å². The molecule has 0 saturated carbocycles. The molecule has 2 heterocycles. The van der Waals surface area contributed by atoms with Gasteiger partial charge in [0, 0.05) is 30.3 Å². The average molecular weight is 310 g/mol. The predicted octanol–water partition coefficient (Wildman–Crippen LogP) is 3.23. The molecule has 3 N–H and O–H groups in total. The van der Waals surface area contributed by atoms with Crippen molar-refractivity contribution in [2.75, 3.05) is 13.1 Å². The minimum atomic E-state index is 0.437. The quantitative estimate of drug-likeness (QED) is 0.767. The van der Waals surface area contributed by atoms with Gasteiger partial charge >= 0.3 is 0 Å². The molecule has 0 bridgehead atoms. The topological polar surface area (TPSA) is 43.1 Å². The maximum atomic E-state index is 4.10. The van der Waals surface area contributed by atoms with E-state index in [-0.39, 0.29) is 0 Å². The Balaban J connectivity index is 1.52. The number of fused-ring (bicyclic) bond motifs is 1. The summed E-state index contributed by atoms with van der Waals surface area (Å²) < 4.78 is 0. The van der Waals surface area contributed by atoms with Gasteiger partial charge in [-0.1, -0.05) is 24.8 Å². The van der Waals surface area contributed by atoms with Crippen molar-refractivity contribution in [3.63, 3.8) is 0 Å². The van der Waals surface area contributed by atoms with E-state index in [1.807, 2.05) is 6.20 Å². The number of nitrogens with zero attached hydrogens (tertiary/aromatic N) is 1. The number of hydrogen-bond acceptors (Lipinski definition) is 3. The van der Waals surface area contributed by atoms with Crippen LogP contribution in [0.15, 0.2) is 49.4 Å². The van der Waals surface area contributed by atoms with Crippen LogP contribution in [-0.2, 0) is 6.54 Å². The first-order chi connectivity index (χ1) is 11.1. The summed E-state index contributed by atoms with van der Waals surface area (Å²) in [5.41, 5.74) is 3.64. The Morgan fingerprint density at radius 3 is 3.13 bits per heavy atom. The molecule has 1 unspecified atom stereocenters. The van der Waals surface area contributed by atoms with Gasteiger partial charge in [-0.25, -0.2) is 0 Å². The fourth-order valence-electron chi connectivity index (χ4n) is 3.20. The Bertz CT molecular complexity index is 700. The Morgan fingerprint density at radius 2 is 2.30 bits per heavy atom. The lowest BCUT2D eigenvalue weighted by Crippen LogP contribution is -2.44. The van der Waals surface area contributed by atoms with Crippen LogP contribution in [0.2, 0.25) is 0 Å². The van der Waals surface area contributed by atoms with E-state index < -0.39 is 0 Å². The first-order valence-corrected chi connectivity index (χ1v) is 8.28. The van der Waals surface area contributed by atoms with E-state index in [0.29, 0.717) is 6.04 Å². The lowest BCUT2D eigenvalue weighted by atomic mass is 10.1. The molecular formula is C19H26N4. The number of benzene rings is 1. The summed E-state index contributed by atoms with van der Waals surface area (Å²) in [4.78, 5) is 5.70. The first kappa shape index (κ1) is 15.5. The Kier molecular flexibility index (Phi) is 4.60. The monoisotopic (exact) mass is 310 g/mol. The van der Waals surface area contributed by atoms with Crippen molar-refractivity contribution in [3.8, 4) is 0 Å². The molecule has 23 heavy (non-hydrogen) atoms. The molecule has 0 radical (unpaired) electrons. The summed E-state index contributed by atoms with van der Waals surface area (Å²) in [6.07, 6.45) is 4.30. The van der Waals surface area contributed by atoms with Crippen molar-refractivity contribution in [2.45, 2.75) is 32.4 Å². The van der Waals surface area contributed by atoms with Crippen LogP contribution in [0.1, 0.15) is 24.1 Å². The molecule has 1 aliphatic rings. The number of aryl methyl sites for hydroxylation is 1. The molecule has 0 amide bonds. The largest absolute Gasteiger partial charge is 0.376 e. The van der Waals surface area contributed by atoms with Crippen molar-refractivity contribution in [3.05, 3.63) is 60.7 Å². The Morgan fingerprint density at radius 1 is 1.43 bits per heavy atom. The maximum Gasteiger partial charge on any atom is 0.0918 e. The molecular weight excluding hydrogens is 284 g/mol. The molecule has 0 aliphatic carbocycles. The van der Waals surface area contributed by atoms with E-state index in [1.54, 1.807) is 0 Å². The Labute approximate surface area is 138 Å². The van der Waals surface area contributed by atoms with Crippen molar-refractivity contribution in [1.29, 1.82) is 0 Å². The van der Waals surface area contributed by atoms with Gasteiger partial charge in [0.05, 0.1) is 12.4 Å². The standard InChI is InChI=1S/C19H26N4/c1-4-23-9-5-6-17(13-23)21-15(3)20-12-18-11-16-10-14(2)7-8-19(16)22-18/h4,7-8,10-11,17,20-22H,1,3,5-6,9,12-13H2,2H3. The molecule has 2 aromatic rings. The molecule has 4 heteroatoms. The number of nitrogens with one attached hydrogen (secondary N) is 3. The van der Waals surface area contributed by atoms with Crippen LogP contribution in [0.25, 0.3) is 10.9 Å². The lowest BCUT2D eigenvalue weighted by Gasteiger charge is -2.33. The normalized spacial score (nSPS) is 18.0. The SMILES string of the molecule is C=CN1CCCC(NC(=C)NCc2cc3cc(C)ccc3[nH]2)C1. The highest BCUT2D eigenvalue weighted by atomic mass is 15.2. The second kappa shape index (κ2) is 6.82. The van der Waals surface area contributed by atoms with E-state index in [1.165, 1.54) is 35.0 Å². The fraction of sp³-hybridized carbons (Fsp3) is 0.368. The third-order valence-electron chi connectivity index (χ3n) is 4.41. The lowest BCUT2D eigenvalue weighted by molar-refractivity contribution is 0.259. The summed E-state index contributed by atoms with van der Waals surface area (Å²) >= 11 is 0. The molecule has 122 valence electrons. The number of piperidine rings is 1. The molecule has 0 spiro atoms. The summed E-state index contributed by atoms with van der Waals surface area (Å²) in [5, 5.41) is 8.12. The van der Waals surface area contributed by atoms with Crippen LogP contribution in [-0.4, -0.2) is 29.0 Å². The van der Waals surface area contributed by atoms with E-state index >= 15 is 0 Å². The summed E-state index contributed by atoms with van der Waals surface area (Å²) in [6, 6.07) is 9.10. The van der Waals surface area contributed by atoms with E-state index in [2.05, 4.69) is 64.9 Å². The van der Waals surface area contributed by atoms with Gasteiger partial charge in [0.1, 0.15) is 0 Å². The minimum Gasteiger partial charge on any atom is -0.376 e. The van der Waals surface area contributed by atoms with Crippen molar-refractivity contribution in [1.82, 2.24) is 20.5 Å². The highest BCUT2D eigenvalue weighted by molar-refractivity contribution is 5.81. The number of H-pyrrole nitrogens is 1. The second-order valence-electron chi connectivity index (χ2n) is 6.38. The summed E-state index contributed by atoms with van der Waals surface area (Å²) in [6.45, 7) is 12.9. The smallest absolute Gasteiger partial charge is 0.0918 e. The zero-order valence-corrected chi connectivity index (χ0v) is 13.9. The van der Waals surface area contributed by atoms with Gasteiger partial charge in [-0.2, -0.15) is 0 Å². The van der Waals surface area contributed by atoms with Gasteiger partial charge in [-0.05, 0) is 49.6 Å². The number of aromatic amines is 1. The van der Waals surface area contributed by atoms with E-state index in [0.717, 1.165) is 25.5 Å². The fourth-order valence-corrected chi connectivity index (χ4v) is 3.20. The molecule has 4 nitrogen and oxygen atoms in total. The van der Waals surface area contributed by atoms with Crippen LogP contribution >= 0.6 is 0 Å². The van der Waals surface area contributed by atoms with Gasteiger partial charge in [0.25, 0.3) is 0 Å². The first-order valence-electron chi connectivity index (χ1n) is 8.28. The van der Waals surface area contributed by atoms with Gasteiger partial charge in [0.2, 0.25) is 0 Å². The van der Waals surface area contributed by atoms with Gasteiger partial charge in [0.15, 0.2) is 0 Å². The molecule has 1 aromatic carbocycles. The van der Waals surface area contributed by atoms with E-state index in [9.17, 15) is 0 Å². The highest BCUT2D eigenvalue weighted by Gasteiger charge is 2.17. The minimum absolute atomic E-state index is 0.437. The molecule has 1 saturated heterocycles. The zero-order chi connectivity index (χ0) is 16.2. The van der Waals surface area contributed by atoms with Crippen LogP contribution in [0.4, 0.5) is 0 Å². The van der Waals surface area contributed by atoms with Gasteiger partial charge in [-0.15, -0.1) is 0 Å². The molecule has 1 aromatic heterocycles. The Hall–Kier alpha value is -2.36. The highest BCUT2D eigenvalue weighted by Crippen LogP contribution is 2.17. The molecule has 1 fully saturated rings. The number of aromatic nitrogens is 1. The van der Waals surface area contributed by atoms with Crippen LogP contribution in [0.3, 0.4) is 0 Å². The van der Waals surface area contributed by atoms with Gasteiger partial charge in [-0.3, -0.25) is 0 Å². The van der Waals surface area contributed by atoms with Gasteiger partial charge < -0.3 is 20.5 Å². The third kappa shape index (κ3) is 3.89.